The average Bonchev–Trinajstić information content (AvgIpc) is 2.89. The van der Waals surface area contributed by atoms with Crippen LogP contribution in [0.25, 0.3) is 11.0 Å². The van der Waals surface area contributed by atoms with Crippen molar-refractivity contribution in [3.63, 3.8) is 0 Å². The second kappa shape index (κ2) is 3.33. The third kappa shape index (κ3) is 1.35. The van der Waals surface area contributed by atoms with Gasteiger partial charge in [0.15, 0.2) is 0 Å². The molecule has 1 fully saturated rings. The molecule has 1 atom stereocenters. The van der Waals surface area contributed by atoms with Crippen LogP contribution in [0.1, 0.15) is 29.7 Å². The topological polar surface area (TPSA) is 31.9 Å². The van der Waals surface area contributed by atoms with Crippen LogP contribution < -0.4 is 0 Å². The van der Waals surface area contributed by atoms with Gasteiger partial charge in [-0.15, -0.1) is 0 Å². The van der Waals surface area contributed by atoms with E-state index in [0.29, 0.717) is 0 Å². The lowest BCUT2D eigenvalue weighted by molar-refractivity contribution is 0.227. The van der Waals surface area contributed by atoms with Gasteiger partial charge in [0.25, 0.3) is 0 Å². The van der Waals surface area contributed by atoms with E-state index >= 15 is 0 Å². The number of hydrogen-bond acceptors (Lipinski definition) is 2. The number of nitrogens with one attached hydrogen (secondary N) is 1. The number of hydrogen-bond donors (Lipinski definition) is 1. The van der Waals surface area contributed by atoms with Crippen molar-refractivity contribution in [3.05, 3.63) is 29.1 Å². The maximum absolute atomic E-state index is 4.51. The molecule has 4 heterocycles. The van der Waals surface area contributed by atoms with Gasteiger partial charge in [0.05, 0.1) is 0 Å². The van der Waals surface area contributed by atoms with Gasteiger partial charge >= 0.3 is 0 Å². The number of fused-ring (bicyclic) bond motifs is 4. The first kappa shape index (κ1) is 9.66. The van der Waals surface area contributed by atoms with E-state index in [-0.39, 0.29) is 0 Å². The summed E-state index contributed by atoms with van der Waals surface area (Å²) in [6.45, 7) is 4.51. The smallest absolute Gasteiger partial charge is 0.137 e. The van der Waals surface area contributed by atoms with E-state index in [9.17, 15) is 0 Å². The summed E-state index contributed by atoms with van der Waals surface area (Å²) in [5.74, 6) is 0. The molecule has 1 N–H and O–H groups in total. The molecule has 1 saturated heterocycles. The maximum atomic E-state index is 4.51. The standard InChI is InChI=1S/C14H17N3/c1-9-5-11-12-8-17-4-2-3-10(17)6-13(12)16-14(11)15-7-9/h5,7,10H,2-4,6,8H2,1H3,(H,15,16). The van der Waals surface area contributed by atoms with E-state index < -0.39 is 0 Å². The molecule has 0 aromatic carbocycles. The van der Waals surface area contributed by atoms with Crippen molar-refractivity contribution in [2.75, 3.05) is 6.54 Å². The summed E-state index contributed by atoms with van der Waals surface area (Å²) in [5.41, 5.74) is 5.25. The molecule has 4 rings (SSSR count). The molecule has 17 heavy (non-hydrogen) atoms. The summed E-state index contributed by atoms with van der Waals surface area (Å²) in [6.07, 6.45) is 5.86. The van der Waals surface area contributed by atoms with Crippen molar-refractivity contribution < 1.29 is 0 Å². The molecule has 88 valence electrons. The fraction of sp³-hybridized carbons (Fsp3) is 0.500. The van der Waals surface area contributed by atoms with Gasteiger partial charge in [-0.25, -0.2) is 4.98 Å². The number of aromatic nitrogens is 2. The molecule has 1 unspecified atom stereocenters. The lowest BCUT2D eigenvalue weighted by atomic mass is 9.99. The van der Waals surface area contributed by atoms with Crippen LogP contribution >= 0.6 is 0 Å². The second-order valence-corrected chi connectivity index (χ2v) is 5.46. The number of H-pyrrole nitrogens is 1. The first-order valence-electron chi connectivity index (χ1n) is 6.51. The molecule has 0 radical (unpaired) electrons. The summed E-state index contributed by atoms with van der Waals surface area (Å²) in [5, 5.41) is 1.34. The Kier molecular flexibility index (Phi) is 1.89. The van der Waals surface area contributed by atoms with Crippen molar-refractivity contribution in [1.29, 1.82) is 0 Å². The van der Waals surface area contributed by atoms with E-state index in [0.717, 1.165) is 18.2 Å². The largest absolute Gasteiger partial charge is 0.343 e. The highest BCUT2D eigenvalue weighted by atomic mass is 15.2. The van der Waals surface area contributed by atoms with Gasteiger partial charge in [0.1, 0.15) is 5.65 Å². The molecule has 0 bridgehead atoms. The minimum atomic E-state index is 0.775. The zero-order chi connectivity index (χ0) is 11.4. The van der Waals surface area contributed by atoms with E-state index in [4.69, 9.17) is 0 Å². The summed E-state index contributed by atoms with van der Waals surface area (Å²) in [6, 6.07) is 3.05. The molecule has 0 amide bonds. The molecule has 2 aliphatic rings. The number of aryl methyl sites for hydroxylation is 1. The quantitative estimate of drug-likeness (QED) is 0.749. The number of pyridine rings is 1. The van der Waals surface area contributed by atoms with Gasteiger partial charge in [-0.3, -0.25) is 4.90 Å². The molecule has 2 aromatic rings. The average molecular weight is 227 g/mol. The van der Waals surface area contributed by atoms with Crippen LogP contribution in [0.5, 0.6) is 0 Å². The molecule has 0 saturated carbocycles. The SMILES string of the molecule is Cc1cnc2[nH]c3c(c2c1)CN1CCCC1C3. The lowest BCUT2D eigenvalue weighted by Crippen LogP contribution is -2.34. The summed E-state index contributed by atoms with van der Waals surface area (Å²) in [7, 11) is 0. The first-order valence-corrected chi connectivity index (χ1v) is 6.51. The van der Waals surface area contributed by atoms with Gasteiger partial charge < -0.3 is 4.98 Å². The fourth-order valence-electron chi connectivity index (χ4n) is 3.41. The van der Waals surface area contributed by atoms with Gasteiger partial charge in [0.2, 0.25) is 0 Å². The summed E-state index contributed by atoms with van der Waals surface area (Å²) < 4.78 is 0. The molecular weight excluding hydrogens is 210 g/mol. The van der Waals surface area contributed by atoms with Gasteiger partial charge in [-0.1, -0.05) is 0 Å². The maximum Gasteiger partial charge on any atom is 0.137 e. The van der Waals surface area contributed by atoms with E-state index in [2.05, 4.69) is 27.9 Å². The van der Waals surface area contributed by atoms with Gasteiger partial charge in [-0.05, 0) is 43.5 Å². The highest BCUT2D eigenvalue weighted by Crippen LogP contribution is 2.33. The van der Waals surface area contributed by atoms with Crippen molar-refractivity contribution in [2.45, 2.75) is 38.8 Å². The van der Waals surface area contributed by atoms with Crippen LogP contribution in [0.2, 0.25) is 0 Å². The first-order chi connectivity index (χ1) is 8.31. The van der Waals surface area contributed by atoms with Gasteiger partial charge in [-0.2, -0.15) is 0 Å². The van der Waals surface area contributed by atoms with Crippen molar-refractivity contribution in [2.24, 2.45) is 0 Å². The Morgan fingerprint density at radius 1 is 1.47 bits per heavy atom. The van der Waals surface area contributed by atoms with Crippen LogP contribution in [0, 0.1) is 6.92 Å². The van der Waals surface area contributed by atoms with Crippen LogP contribution in [-0.4, -0.2) is 27.5 Å². The number of nitrogens with zero attached hydrogens (tertiary/aromatic N) is 2. The van der Waals surface area contributed by atoms with E-state index in [1.807, 2.05) is 6.20 Å². The molecule has 3 nitrogen and oxygen atoms in total. The Morgan fingerprint density at radius 2 is 2.41 bits per heavy atom. The predicted octanol–water partition coefficient (Wildman–Crippen LogP) is 2.39. The highest BCUT2D eigenvalue weighted by molar-refractivity contribution is 5.82. The third-order valence-electron chi connectivity index (χ3n) is 4.28. The highest BCUT2D eigenvalue weighted by Gasteiger charge is 2.31. The zero-order valence-corrected chi connectivity index (χ0v) is 10.2. The fourth-order valence-corrected chi connectivity index (χ4v) is 3.41. The molecule has 2 aliphatic heterocycles. The summed E-state index contributed by atoms with van der Waals surface area (Å²) in [4.78, 5) is 10.7. The second-order valence-electron chi connectivity index (χ2n) is 5.46. The Labute approximate surface area is 101 Å². The van der Waals surface area contributed by atoms with Crippen LogP contribution in [0.15, 0.2) is 12.3 Å². The molecular formula is C14H17N3. The predicted molar refractivity (Wildman–Crippen MR) is 68.0 cm³/mol. The van der Waals surface area contributed by atoms with Crippen molar-refractivity contribution in [1.82, 2.24) is 14.9 Å². The monoisotopic (exact) mass is 227 g/mol. The lowest BCUT2D eigenvalue weighted by Gasteiger charge is -2.29. The Bertz CT molecular complexity index is 584. The third-order valence-corrected chi connectivity index (χ3v) is 4.28. The minimum Gasteiger partial charge on any atom is -0.343 e. The Morgan fingerprint density at radius 3 is 3.35 bits per heavy atom. The molecule has 0 spiro atoms. The van der Waals surface area contributed by atoms with Crippen molar-refractivity contribution >= 4 is 11.0 Å². The minimum absolute atomic E-state index is 0.775. The van der Waals surface area contributed by atoms with Gasteiger partial charge in [0, 0.05) is 36.3 Å². The Hall–Kier alpha value is -1.35. The summed E-state index contributed by atoms with van der Waals surface area (Å²) >= 11 is 0. The molecule has 0 aliphatic carbocycles. The van der Waals surface area contributed by atoms with Crippen molar-refractivity contribution in [3.8, 4) is 0 Å². The zero-order valence-electron chi connectivity index (χ0n) is 10.2. The number of aromatic amines is 1. The molecule has 2 aromatic heterocycles. The van der Waals surface area contributed by atoms with E-state index in [1.165, 1.54) is 48.0 Å². The normalized spacial score (nSPS) is 23.9. The Balaban J connectivity index is 1.89. The van der Waals surface area contributed by atoms with Crippen LogP contribution in [-0.2, 0) is 13.0 Å². The van der Waals surface area contributed by atoms with Crippen LogP contribution in [0.4, 0.5) is 0 Å². The number of rotatable bonds is 0. The molecule has 3 heteroatoms. The van der Waals surface area contributed by atoms with Crippen LogP contribution in [0.3, 0.4) is 0 Å². The van der Waals surface area contributed by atoms with E-state index in [1.54, 1.807) is 0 Å².